The normalized spacial score (nSPS) is 18.0. The summed E-state index contributed by atoms with van der Waals surface area (Å²) >= 11 is 6.80. The first-order valence-electron chi connectivity index (χ1n) is 13.4. The average Bonchev–Trinajstić information content (AvgIpc) is 3.36. The zero-order valence-electron chi connectivity index (χ0n) is 22.2. The van der Waals surface area contributed by atoms with Gasteiger partial charge in [-0.2, -0.15) is 4.98 Å². The monoisotopic (exact) mass is 560 g/mol. The minimum Gasteiger partial charge on any atom is -0.508 e. The van der Waals surface area contributed by atoms with Gasteiger partial charge in [-0.15, -0.1) is 0 Å². The molecule has 0 radical (unpaired) electrons. The number of hydrogen-bond donors (Lipinski definition) is 2. The molecule has 0 saturated carbocycles. The Balaban J connectivity index is 1.50. The number of amides is 1. The van der Waals surface area contributed by atoms with Crippen LogP contribution in [0.1, 0.15) is 6.42 Å². The minimum atomic E-state index is -0.575. The Morgan fingerprint density at radius 1 is 1.12 bits per heavy atom. The van der Waals surface area contributed by atoms with Crippen molar-refractivity contribution in [1.82, 2.24) is 19.8 Å². The lowest BCUT2D eigenvalue weighted by Gasteiger charge is -2.35. The van der Waals surface area contributed by atoms with Crippen molar-refractivity contribution in [1.29, 1.82) is 0 Å². The van der Waals surface area contributed by atoms with E-state index in [4.69, 9.17) is 16.6 Å². The fraction of sp³-hybridized carbons (Fsp3) is 0.300. The van der Waals surface area contributed by atoms with Gasteiger partial charge in [-0.1, -0.05) is 42.4 Å². The Hall–Kier alpha value is -3.95. The third-order valence-electron chi connectivity index (χ3n) is 7.77. The largest absolute Gasteiger partial charge is 0.508 e. The maximum absolute atomic E-state index is 16.6. The molecule has 206 valence electrons. The molecular weight excluding hydrogens is 531 g/mol. The van der Waals surface area contributed by atoms with E-state index < -0.39 is 5.82 Å². The number of halogens is 2. The minimum absolute atomic E-state index is 0.0206. The smallest absolute Gasteiger partial charge is 0.246 e. The van der Waals surface area contributed by atoms with Crippen molar-refractivity contribution in [2.45, 2.75) is 12.5 Å². The maximum Gasteiger partial charge on any atom is 0.246 e. The van der Waals surface area contributed by atoms with Gasteiger partial charge in [0.2, 0.25) is 11.9 Å². The molecule has 1 amide bonds. The fourth-order valence-electron chi connectivity index (χ4n) is 5.74. The molecule has 2 N–H and O–H groups in total. The van der Waals surface area contributed by atoms with Crippen LogP contribution in [0.3, 0.4) is 0 Å². The zero-order valence-corrected chi connectivity index (χ0v) is 23.0. The van der Waals surface area contributed by atoms with E-state index in [1.165, 1.54) is 12.1 Å². The topological polar surface area (TPSA) is 84.8 Å². The van der Waals surface area contributed by atoms with E-state index in [0.717, 1.165) is 30.3 Å². The molecule has 0 bridgehead atoms. The molecule has 2 fully saturated rings. The van der Waals surface area contributed by atoms with Crippen LogP contribution in [0, 0.1) is 5.82 Å². The van der Waals surface area contributed by atoms with Gasteiger partial charge in [0.25, 0.3) is 0 Å². The molecule has 3 heterocycles. The van der Waals surface area contributed by atoms with Gasteiger partial charge in [-0.3, -0.25) is 4.79 Å². The second kappa shape index (κ2) is 10.6. The molecule has 2 aliphatic heterocycles. The second-order valence-corrected chi connectivity index (χ2v) is 10.8. The zero-order chi connectivity index (χ0) is 28.0. The van der Waals surface area contributed by atoms with Crippen LogP contribution in [0.15, 0.2) is 55.1 Å². The van der Waals surface area contributed by atoms with E-state index in [0.29, 0.717) is 48.9 Å². The van der Waals surface area contributed by atoms with Gasteiger partial charge in [0.1, 0.15) is 17.1 Å². The molecule has 0 spiro atoms. The van der Waals surface area contributed by atoms with E-state index in [1.807, 2.05) is 29.2 Å². The average molecular weight is 561 g/mol. The summed E-state index contributed by atoms with van der Waals surface area (Å²) in [4.78, 5) is 27.7. The van der Waals surface area contributed by atoms with Gasteiger partial charge in [-0.05, 0) is 60.6 Å². The molecular formula is C30H30ClFN6O2. The van der Waals surface area contributed by atoms with Crippen molar-refractivity contribution in [3.63, 3.8) is 0 Å². The molecule has 6 rings (SSSR count). The lowest BCUT2D eigenvalue weighted by Crippen LogP contribution is -2.48. The number of likely N-dealkylation sites (N-methyl/N-ethyl adjacent to an activating group) is 1. The highest BCUT2D eigenvalue weighted by Gasteiger charge is 2.27. The number of anilines is 2. The van der Waals surface area contributed by atoms with Gasteiger partial charge < -0.3 is 25.1 Å². The highest BCUT2D eigenvalue weighted by molar-refractivity contribution is 6.35. The molecule has 2 aliphatic rings. The summed E-state index contributed by atoms with van der Waals surface area (Å²) in [5.41, 5.74) is 0.817. The summed E-state index contributed by atoms with van der Waals surface area (Å²) in [5, 5.41) is 16.1. The summed E-state index contributed by atoms with van der Waals surface area (Å²) in [7, 11) is 2.06. The molecule has 1 unspecified atom stereocenters. The molecule has 10 heteroatoms. The molecule has 3 aromatic carbocycles. The molecule has 40 heavy (non-hydrogen) atoms. The number of aromatic nitrogens is 2. The Kier molecular flexibility index (Phi) is 6.93. The van der Waals surface area contributed by atoms with Crippen molar-refractivity contribution in [2.75, 3.05) is 56.5 Å². The van der Waals surface area contributed by atoms with Crippen LogP contribution in [-0.4, -0.2) is 83.1 Å². The molecule has 2 saturated heterocycles. The van der Waals surface area contributed by atoms with Crippen molar-refractivity contribution in [3.8, 4) is 16.9 Å². The number of piperazine rings is 1. The van der Waals surface area contributed by atoms with E-state index in [2.05, 4.69) is 28.8 Å². The number of phenols is 1. The molecule has 4 aromatic rings. The number of aromatic hydroxyl groups is 1. The lowest BCUT2D eigenvalue weighted by atomic mass is 9.96. The van der Waals surface area contributed by atoms with Crippen molar-refractivity contribution in [2.24, 2.45) is 0 Å². The quantitative estimate of drug-likeness (QED) is 0.336. The standard InChI is InChI=1S/C30H30ClFN6O2/c1-3-25(40)37-10-12-38(13-11-37)29-23-16-24(31)26(22-15-20(39)14-18-6-4-5-7-21(18)22)27(32)28(23)34-30(35-29)33-19-8-9-36(2)17-19/h3-7,14-16,19,39H,1,8-13,17H2,2H3,(H,33,34,35). The number of benzene rings is 3. The van der Waals surface area contributed by atoms with Crippen LogP contribution in [0.4, 0.5) is 16.2 Å². The van der Waals surface area contributed by atoms with Gasteiger partial charge in [0.15, 0.2) is 5.82 Å². The molecule has 1 atom stereocenters. The summed E-state index contributed by atoms with van der Waals surface area (Å²) in [6.45, 7) is 7.42. The number of phenolic OH excluding ortho intramolecular Hbond substituents is 1. The Morgan fingerprint density at radius 2 is 1.90 bits per heavy atom. The van der Waals surface area contributed by atoms with Crippen molar-refractivity contribution in [3.05, 3.63) is 66.0 Å². The van der Waals surface area contributed by atoms with E-state index in [1.54, 1.807) is 17.0 Å². The number of fused-ring (bicyclic) bond motifs is 2. The summed E-state index contributed by atoms with van der Waals surface area (Å²) in [5.74, 6) is 0.247. The first-order chi connectivity index (χ1) is 19.3. The summed E-state index contributed by atoms with van der Waals surface area (Å²) in [6, 6.07) is 12.5. The SMILES string of the molecule is C=CC(=O)N1CCN(c2nc(NC3CCN(C)C3)nc3c(F)c(-c4cc(O)cc5ccccc45)c(Cl)cc23)CC1. The predicted molar refractivity (Wildman–Crippen MR) is 158 cm³/mol. The Labute approximate surface area is 236 Å². The summed E-state index contributed by atoms with van der Waals surface area (Å²) in [6.07, 6.45) is 2.25. The van der Waals surface area contributed by atoms with E-state index >= 15 is 4.39 Å². The van der Waals surface area contributed by atoms with Crippen LogP contribution >= 0.6 is 11.6 Å². The lowest BCUT2D eigenvalue weighted by molar-refractivity contribution is -0.126. The third-order valence-corrected chi connectivity index (χ3v) is 8.07. The van der Waals surface area contributed by atoms with E-state index in [9.17, 15) is 9.90 Å². The first kappa shape index (κ1) is 26.3. The number of carbonyl (C=O) groups is 1. The molecule has 0 aliphatic carbocycles. The van der Waals surface area contributed by atoms with E-state index in [-0.39, 0.29) is 33.8 Å². The maximum atomic E-state index is 16.6. The number of likely N-dealkylation sites (tertiary alicyclic amines) is 1. The number of rotatable bonds is 5. The first-order valence-corrected chi connectivity index (χ1v) is 13.7. The molecule has 1 aromatic heterocycles. The highest BCUT2D eigenvalue weighted by Crippen LogP contribution is 2.42. The van der Waals surface area contributed by atoms with Crippen LogP contribution in [0.25, 0.3) is 32.8 Å². The van der Waals surface area contributed by atoms with Crippen LogP contribution in [-0.2, 0) is 4.79 Å². The third kappa shape index (κ3) is 4.80. The Bertz CT molecular complexity index is 1640. The fourth-order valence-corrected chi connectivity index (χ4v) is 6.03. The Morgan fingerprint density at radius 3 is 2.62 bits per heavy atom. The van der Waals surface area contributed by atoms with Gasteiger partial charge >= 0.3 is 0 Å². The van der Waals surface area contributed by atoms with Crippen molar-refractivity contribution < 1.29 is 14.3 Å². The predicted octanol–water partition coefficient (Wildman–Crippen LogP) is 4.90. The number of nitrogens with one attached hydrogen (secondary N) is 1. The summed E-state index contributed by atoms with van der Waals surface area (Å²) < 4.78 is 16.6. The second-order valence-electron chi connectivity index (χ2n) is 10.4. The number of hydrogen-bond acceptors (Lipinski definition) is 7. The van der Waals surface area contributed by atoms with Gasteiger partial charge in [-0.25, -0.2) is 9.37 Å². The van der Waals surface area contributed by atoms with Crippen LogP contribution in [0.2, 0.25) is 5.02 Å². The van der Waals surface area contributed by atoms with Crippen LogP contribution < -0.4 is 10.2 Å². The highest BCUT2D eigenvalue weighted by atomic mass is 35.5. The van der Waals surface area contributed by atoms with Crippen molar-refractivity contribution >= 4 is 50.9 Å². The van der Waals surface area contributed by atoms with Crippen LogP contribution in [0.5, 0.6) is 5.75 Å². The van der Waals surface area contributed by atoms with Gasteiger partial charge in [0.05, 0.1) is 5.02 Å². The molecule has 8 nitrogen and oxygen atoms in total. The van der Waals surface area contributed by atoms with Gasteiger partial charge in [0, 0.05) is 49.7 Å². The number of carbonyl (C=O) groups excluding carboxylic acids is 1. The number of nitrogens with zero attached hydrogens (tertiary/aromatic N) is 5.